The van der Waals surface area contributed by atoms with Crippen LogP contribution in [0, 0.1) is 0 Å². The first-order chi connectivity index (χ1) is 16.3. The zero-order chi connectivity index (χ0) is 25.3. The highest BCUT2D eigenvalue weighted by Gasteiger charge is 2.25. The molecule has 0 radical (unpaired) electrons. The molecule has 2 nitrogen and oxygen atoms in total. The van der Waals surface area contributed by atoms with Crippen molar-refractivity contribution < 1.29 is 9.90 Å². The second kappa shape index (κ2) is 13.5. The Morgan fingerprint density at radius 1 is 0.794 bits per heavy atom. The molecular weight excluding hydrogens is 416 g/mol. The summed E-state index contributed by atoms with van der Waals surface area (Å²) in [5, 5.41) is 11.2. The lowest BCUT2D eigenvalue weighted by molar-refractivity contribution is 0.0977. The van der Waals surface area contributed by atoms with Crippen molar-refractivity contribution in [1.29, 1.82) is 0 Å². The number of ketones is 1. The SMILES string of the molecule is CCCC(C)c1ccc(CC)cc1/C=C(\O)C(=O)c1c(C(C)CCC)cccc1C(C)CCC. The van der Waals surface area contributed by atoms with Gasteiger partial charge >= 0.3 is 0 Å². The summed E-state index contributed by atoms with van der Waals surface area (Å²) in [5.74, 6) is 0.525. The summed E-state index contributed by atoms with van der Waals surface area (Å²) < 4.78 is 0. The van der Waals surface area contributed by atoms with Crippen LogP contribution >= 0.6 is 0 Å². The van der Waals surface area contributed by atoms with Crippen molar-refractivity contribution in [3.63, 3.8) is 0 Å². The van der Waals surface area contributed by atoms with E-state index in [9.17, 15) is 9.90 Å². The van der Waals surface area contributed by atoms with Crippen LogP contribution in [0.2, 0.25) is 0 Å². The zero-order valence-corrected chi connectivity index (χ0v) is 22.6. The maximum atomic E-state index is 13.9. The van der Waals surface area contributed by atoms with Crippen molar-refractivity contribution in [1.82, 2.24) is 0 Å². The van der Waals surface area contributed by atoms with Crippen molar-refractivity contribution in [3.05, 3.63) is 75.5 Å². The third-order valence-corrected chi connectivity index (χ3v) is 7.20. The van der Waals surface area contributed by atoms with Crippen molar-refractivity contribution in [3.8, 4) is 0 Å². The summed E-state index contributed by atoms with van der Waals surface area (Å²) in [5.41, 5.74) is 6.23. The molecule has 0 aliphatic heterocycles. The molecule has 0 aromatic heterocycles. The highest BCUT2D eigenvalue weighted by atomic mass is 16.3. The molecule has 0 amide bonds. The molecule has 2 heteroatoms. The number of carbonyl (C=O) groups is 1. The van der Waals surface area contributed by atoms with E-state index < -0.39 is 0 Å². The van der Waals surface area contributed by atoms with Crippen LogP contribution in [-0.2, 0) is 6.42 Å². The van der Waals surface area contributed by atoms with Gasteiger partial charge in [0.25, 0.3) is 0 Å². The van der Waals surface area contributed by atoms with Crippen molar-refractivity contribution >= 4 is 11.9 Å². The van der Waals surface area contributed by atoms with Gasteiger partial charge in [0.2, 0.25) is 5.78 Å². The van der Waals surface area contributed by atoms with Gasteiger partial charge in [0.15, 0.2) is 5.76 Å². The van der Waals surface area contributed by atoms with Crippen LogP contribution in [0.3, 0.4) is 0 Å². The number of aliphatic hydroxyl groups is 1. The molecule has 1 N–H and O–H groups in total. The Kier molecular flexibility index (Phi) is 11.1. The van der Waals surface area contributed by atoms with E-state index in [-0.39, 0.29) is 23.4 Å². The van der Waals surface area contributed by atoms with Crippen LogP contribution in [0.25, 0.3) is 6.08 Å². The molecule has 2 aromatic carbocycles. The standard InChI is InChI=1S/C32H46O2/c1-8-13-22(5)27-19-18-25(11-4)20-26(27)21-30(33)32(34)31-28(23(6)14-9-2)16-12-17-29(31)24(7)15-10-3/h12,16-24,33H,8-11,13-15H2,1-7H3/b30-21-. The van der Waals surface area contributed by atoms with E-state index >= 15 is 0 Å². The minimum atomic E-state index is -0.243. The van der Waals surface area contributed by atoms with E-state index in [1.807, 2.05) is 0 Å². The Morgan fingerprint density at radius 3 is 1.76 bits per heavy atom. The molecule has 3 atom stereocenters. The molecule has 0 fully saturated rings. The average molecular weight is 463 g/mol. The summed E-state index contributed by atoms with van der Waals surface area (Å²) in [6.07, 6.45) is 9.00. The maximum absolute atomic E-state index is 13.9. The van der Waals surface area contributed by atoms with Gasteiger partial charge in [-0.15, -0.1) is 0 Å². The van der Waals surface area contributed by atoms with E-state index in [0.717, 1.165) is 61.6 Å². The third kappa shape index (κ3) is 6.84. The van der Waals surface area contributed by atoms with Crippen molar-refractivity contribution in [2.45, 2.75) is 111 Å². The highest BCUT2D eigenvalue weighted by Crippen LogP contribution is 2.34. The lowest BCUT2D eigenvalue weighted by atomic mass is 9.82. The van der Waals surface area contributed by atoms with Crippen LogP contribution in [0.4, 0.5) is 0 Å². The Morgan fingerprint density at radius 2 is 1.29 bits per heavy atom. The summed E-state index contributed by atoms with van der Waals surface area (Å²) in [7, 11) is 0. The molecule has 0 bridgehead atoms. The number of aliphatic hydroxyl groups excluding tert-OH is 1. The molecule has 0 spiro atoms. The molecular formula is C32H46O2. The molecule has 0 saturated carbocycles. The Bertz CT molecular complexity index is 939. The van der Waals surface area contributed by atoms with Gasteiger partial charge in [-0.05, 0) is 77.3 Å². The predicted molar refractivity (Wildman–Crippen MR) is 147 cm³/mol. The first-order valence-electron chi connectivity index (χ1n) is 13.5. The lowest BCUT2D eigenvalue weighted by Crippen LogP contribution is -2.14. The van der Waals surface area contributed by atoms with Gasteiger partial charge < -0.3 is 5.11 Å². The molecule has 3 unspecified atom stereocenters. The van der Waals surface area contributed by atoms with Gasteiger partial charge in [-0.25, -0.2) is 0 Å². The van der Waals surface area contributed by atoms with Crippen LogP contribution < -0.4 is 0 Å². The third-order valence-electron chi connectivity index (χ3n) is 7.20. The van der Waals surface area contributed by atoms with Gasteiger partial charge in [0.05, 0.1) is 0 Å². The number of hydrogen-bond acceptors (Lipinski definition) is 2. The topological polar surface area (TPSA) is 37.3 Å². The van der Waals surface area contributed by atoms with E-state index in [0.29, 0.717) is 11.5 Å². The smallest absolute Gasteiger partial charge is 0.227 e. The fraction of sp³-hybridized carbons (Fsp3) is 0.531. The minimum Gasteiger partial charge on any atom is -0.504 e. The molecule has 0 aliphatic rings. The van der Waals surface area contributed by atoms with Gasteiger partial charge in [-0.1, -0.05) is 104 Å². The Hall–Kier alpha value is -2.35. The summed E-state index contributed by atoms with van der Waals surface area (Å²) in [6.45, 7) is 15.3. The zero-order valence-electron chi connectivity index (χ0n) is 22.6. The maximum Gasteiger partial charge on any atom is 0.227 e. The molecule has 0 saturated heterocycles. The lowest BCUT2D eigenvalue weighted by Gasteiger charge is -2.22. The second-order valence-electron chi connectivity index (χ2n) is 10.1. The highest BCUT2D eigenvalue weighted by molar-refractivity contribution is 6.11. The fourth-order valence-corrected chi connectivity index (χ4v) is 5.20. The monoisotopic (exact) mass is 462 g/mol. The number of Topliss-reactive ketones (excluding diaryl/α,β-unsaturated/α-hetero) is 1. The molecule has 34 heavy (non-hydrogen) atoms. The van der Waals surface area contributed by atoms with E-state index in [2.05, 4.69) is 84.9 Å². The number of allylic oxidation sites excluding steroid dienone is 1. The molecule has 0 aliphatic carbocycles. The van der Waals surface area contributed by atoms with Crippen LogP contribution in [-0.4, -0.2) is 10.9 Å². The van der Waals surface area contributed by atoms with Crippen molar-refractivity contribution in [2.24, 2.45) is 0 Å². The molecule has 2 rings (SSSR count). The van der Waals surface area contributed by atoms with Crippen LogP contribution in [0.1, 0.15) is 143 Å². The van der Waals surface area contributed by atoms with Gasteiger partial charge in [0.1, 0.15) is 0 Å². The molecule has 2 aromatic rings. The van der Waals surface area contributed by atoms with Gasteiger partial charge in [0, 0.05) is 5.56 Å². The largest absolute Gasteiger partial charge is 0.504 e. The second-order valence-corrected chi connectivity index (χ2v) is 10.1. The summed E-state index contributed by atoms with van der Waals surface area (Å²) in [4.78, 5) is 13.9. The van der Waals surface area contributed by atoms with Crippen molar-refractivity contribution in [2.75, 3.05) is 0 Å². The van der Waals surface area contributed by atoms with Gasteiger partial charge in [-0.2, -0.15) is 0 Å². The van der Waals surface area contributed by atoms with E-state index in [1.54, 1.807) is 6.08 Å². The predicted octanol–water partition coefficient (Wildman–Crippen LogP) is 9.74. The van der Waals surface area contributed by atoms with E-state index in [1.165, 1.54) is 11.1 Å². The van der Waals surface area contributed by atoms with Crippen LogP contribution in [0.5, 0.6) is 0 Å². The summed E-state index contributed by atoms with van der Waals surface area (Å²) in [6, 6.07) is 12.7. The average Bonchev–Trinajstić information content (AvgIpc) is 2.83. The minimum absolute atomic E-state index is 0.153. The number of carbonyl (C=O) groups excluding carboxylic acids is 1. The number of hydrogen-bond donors (Lipinski definition) is 1. The van der Waals surface area contributed by atoms with E-state index in [4.69, 9.17) is 0 Å². The first-order valence-corrected chi connectivity index (χ1v) is 13.5. The first kappa shape index (κ1) is 27.9. The fourth-order valence-electron chi connectivity index (χ4n) is 5.20. The quantitative estimate of drug-likeness (QED) is 0.183. The Labute approximate surface area is 208 Å². The Balaban J connectivity index is 2.62. The number of benzene rings is 2. The number of aryl methyl sites for hydroxylation is 1. The van der Waals surface area contributed by atoms with Gasteiger partial charge in [-0.3, -0.25) is 4.79 Å². The van der Waals surface area contributed by atoms with Crippen LogP contribution in [0.15, 0.2) is 42.2 Å². The summed E-state index contributed by atoms with van der Waals surface area (Å²) >= 11 is 0. The number of rotatable bonds is 13. The molecule has 0 heterocycles. The normalized spacial score (nSPS) is 14.6. The molecule has 186 valence electrons.